The van der Waals surface area contributed by atoms with E-state index in [4.69, 9.17) is 4.74 Å². The van der Waals surface area contributed by atoms with Crippen molar-refractivity contribution in [3.63, 3.8) is 0 Å². The second-order valence-electron chi connectivity index (χ2n) is 8.81. The molecule has 176 valence electrons. The lowest BCUT2D eigenvalue weighted by Crippen LogP contribution is -2.48. The van der Waals surface area contributed by atoms with Gasteiger partial charge in [-0.05, 0) is 49.4 Å². The fourth-order valence-electron chi connectivity index (χ4n) is 4.56. The molecule has 3 amide bonds. The highest BCUT2D eigenvalue weighted by Gasteiger charge is 2.51. The summed E-state index contributed by atoms with van der Waals surface area (Å²) in [6, 6.07) is 13.6. The zero-order valence-electron chi connectivity index (χ0n) is 19.3. The number of carbonyl (C=O) groups excluding carboxylic acids is 4. The van der Waals surface area contributed by atoms with Gasteiger partial charge in [0.2, 0.25) is 11.8 Å². The Hall–Kier alpha value is -3.74. The maximum Gasteiger partial charge on any atom is 0.330 e. The molecule has 1 heterocycles. The van der Waals surface area contributed by atoms with Gasteiger partial charge in [-0.2, -0.15) is 0 Å². The minimum Gasteiger partial charge on any atom is -0.454 e. The van der Waals surface area contributed by atoms with E-state index in [9.17, 15) is 19.2 Å². The summed E-state index contributed by atoms with van der Waals surface area (Å²) in [5.74, 6) is -2.85. The molecule has 3 atom stereocenters. The number of fused-ring (bicyclic) bond motifs is 1. The van der Waals surface area contributed by atoms with E-state index >= 15 is 0 Å². The third kappa shape index (κ3) is 4.78. The summed E-state index contributed by atoms with van der Waals surface area (Å²) in [6.45, 7) is 3.32. The van der Waals surface area contributed by atoms with E-state index in [1.165, 1.54) is 0 Å². The second kappa shape index (κ2) is 10.0. The van der Waals surface area contributed by atoms with E-state index in [0.29, 0.717) is 18.5 Å². The maximum absolute atomic E-state index is 13.1. The van der Waals surface area contributed by atoms with Crippen molar-refractivity contribution >= 4 is 29.4 Å². The third-order valence-electron chi connectivity index (χ3n) is 6.62. The SMILES string of the molecule is Cc1cccc(NC(=O)COC(=O)[C@@H](Cc2ccccc2)N2C(=O)[C@H]3CC=CC[C@H]3C2=O)c1C. The van der Waals surface area contributed by atoms with E-state index in [1.54, 1.807) is 6.07 Å². The van der Waals surface area contributed by atoms with Crippen molar-refractivity contribution in [1.29, 1.82) is 0 Å². The quantitative estimate of drug-likeness (QED) is 0.389. The van der Waals surface area contributed by atoms with Crippen LogP contribution in [-0.4, -0.2) is 41.2 Å². The molecule has 1 aliphatic heterocycles. The molecule has 1 N–H and O–H groups in total. The Morgan fingerprint density at radius 2 is 1.62 bits per heavy atom. The number of rotatable bonds is 7. The van der Waals surface area contributed by atoms with Gasteiger partial charge in [-0.3, -0.25) is 19.3 Å². The number of amides is 3. The average molecular weight is 461 g/mol. The van der Waals surface area contributed by atoms with Gasteiger partial charge >= 0.3 is 5.97 Å². The number of hydrogen-bond acceptors (Lipinski definition) is 5. The van der Waals surface area contributed by atoms with Crippen molar-refractivity contribution in [2.24, 2.45) is 11.8 Å². The molecule has 0 spiro atoms. The summed E-state index contributed by atoms with van der Waals surface area (Å²) in [4.78, 5) is 52.9. The van der Waals surface area contributed by atoms with Gasteiger partial charge in [-0.15, -0.1) is 0 Å². The van der Waals surface area contributed by atoms with Crippen LogP contribution in [0, 0.1) is 25.7 Å². The summed E-state index contributed by atoms with van der Waals surface area (Å²) in [5.41, 5.74) is 3.38. The number of carbonyl (C=O) groups is 4. The van der Waals surface area contributed by atoms with Gasteiger partial charge in [0.1, 0.15) is 6.04 Å². The normalized spacial score (nSPS) is 20.1. The van der Waals surface area contributed by atoms with Gasteiger partial charge in [-0.1, -0.05) is 54.6 Å². The maximum atomic E-state index is 13.1. The lowest BCUT2D eigenvalue weighted by molar-refractivity contribution is -0.159. The molecular formula is C27H28N2O5. The first kappa shape index (κ1) is 23.4. The molecule has 0 aromatic heterocycles. The zero-order chi connectivity index (χ0) is 24.2. The number of likely N-dealkylation sites (tertiary alicyclic amines) is 1. The lowest BCUT2D eigenvalue weighted by Gasteiger charge is -2.25. The molecule has 4 rings (SSSR count). The standard InChI is InChI=1S/C27H28N2O5/c1-17-9-8-14-22(18(17)2)28-24(30)16-34-27(33)23(15-19-10-4-3-5-11-19)29-25(31)20-12-6-7-13-21(20)26(29)32/h3-11,14,20-21,23H,12-13,15-16H2,1-2H3,(H,28,30)/t20-,21+,23-/m1/s1. The first-order valence-corrected chi connectivity index (χ1v) is 11.5. The van der Waals surface area contributed by atoms with Gasteiger partial charge in [0.15, 0.2) is 6.61 Å². The van der Waals surface area contributed by atoms with E-state index in [0.717, 1.165) is 21.6 Å². The van der Waals surface area contributed by atoms with Gasteiger partial charge in [0.05, 0.1) is 11.8 Å². The van der Waals surface area contributed by atoms with Crippen LogP contribution in [0.3, 0.4) is 0 Å². The number of ether oxygens (including phenoxy) is 1. The van der Waals surface area contributed by atoms with Crippen molar-refractivity contribution in [2.75, 3.05) is 11.9 Å². The topological polar surface area (TPSA) is 92.8 Å². The van der Waals surface area contributed by atoms with Gasteiger partial charge in [-0.25, -0.2) is 4.79 Å². The molecule has 34 heavy (non-hydrogen) atoms. The lowest BCUT2D eigenvalue weighted by atomic mass is 9.85. The van der Waals surface area contributed by atoms with Gasteiger partial charge < -0.3 is 10.1 Å². The minimum atomic E-state index is -1.12. The summed E-state index contributed by atoms with van der Waals surface area (Å²) in [6.07, 6.45) is 4.90. The summed E-state index contributed by atoms with van der Waals surface area (Å²) < 4.78 is 5.33. The monoisotopic (exact) mass is 460 g/mol. The number of nitrogens with zero attached hydrogens (tertiary/aromatic N) is 1. The molecule has 0 unspecified atom stereocenters. The molecule has 2 aromatic carbocycles. The third-order valence-corrected chi connectivity index (χ3v) is 6.62. The number of hydrogen-bond donors (Lipinski definition) is 1. The average Bonchev–Trinajstić information content (AvgIpc) is 3.09. The molecule has 1 aliphatic carbocycles. The van der Waals surface area contributed by atoms with Crippen LogP contribution in [0.5, 0.6) is 0 Å². The summed E-state index contributed by atoms with van der Waals surface area (Å²) in [5, 5.41) is 2.75. The Morgan fingerprint density at radius 1 is 0.971 bits per heavy atom. The Kier molecular flexibility index (Phi) is 6.91. The van der Waals surface area contributed by atoms with Crippen LogP contribution in [0.25, 0.3) is 0 Å². The van der Waals surface area contributed by atoms with Crippen LogP contribution in [0.1, 0.15) is 29.5 Å². The van der Waals surface area contributed by atoms with Crippen LogP contribution in [-0.2, 0) is 30.3 Å². The van der Waals surface area contributed by atoms with Crippen LogP contribution < -0.4 is 5.32 Å². The number of imide groups is 1. The number of nitrogens with one attached hydrogen (secondary N) is 1. The van der Waals surface area contributed by atoms with E-state index in [1.807, 2.05) is 68.5 Å². The molecular weight excluding hydrogens is 432 g/mol. The highest BCUT2D eigenvalue weighted by Crippen LogP contribution is 2.36. The number of anilines is 1. The fourth-order valence-corrected chi connectivity index (χ4v) is 4.56. The van der Waals surface area contributed by atoms with Gasteiger partial charge in [0, 0.05) is 12.1 Å². The molecule has 7 heteroatoms. The number of esters is 1. The largest absolute Gasteiger partial charge is 0.454 e. The molecule has 1 saturated heterocycles. The zero-order valence-corrected chi connectivity index (χ0v) is 19.3. The number of allylic oxidation sites excluding steroid dienone is 2. The number of benzene rings is 2. The Bertz CT molecular complexity index is 1110. The Morgan fingerprint density at radius 3 is 2.26 bits per heavy atom. The van der Waals surface area contributed by atoms with E-state index in [-0.39, 0.29) is 18.2 Å². The Balaban J connectivity index is 1.49. The molecule has 1 fully saturated rings. The first-order chi connectivity index (χ1) is 16.4. The fraction of sp³-hybridized carbons (Fsp3) is 0.333. The van der Waals surface area contributed by atoms with Crippen molar-refractivity contribution in [2.45, 2.75) is 39.2 Å². The predicted molar refractivity (Wildman–Crippen MR) is 127 cm³/mol. The Labute approximate surface area is 198 Å². The van der Waals surface area contributed by atoms with Crippen molar-refractivity contribution in [1.82, 2.24) is 4.90 Å². The molecule has 7 nitrogen and oxygen atoms in total. The smallest absolute Gasteiger partial charge is 0.330 e. The minimum absolute atomic E-state index is 0.128. The van der Waals surface area contributed by atoms with Crippen molar-refractivity contribution in [3.05, 3.63) is 77.4 Å². The van der Waals surface area contributed by atoms with Crippen molar-refractivity contribution in [3.8, 4) is 0 Å². The predicted octanol–water partition coefficient (Wildman–Crippen LogP) is 3.35. The van der Waals surface area contributed by atoms with Crippen LogP contribution >= 0.6 is 0 Å². The van der Waals surface area contributed by atoms with Crippen LogP contribution in [0.4, 0.5) is 5.69 Å². The molecule has 0 bridgehead atoms. The van der Waals surface area contributed by atoms with E-state index in [2.05, 4.69) is 5.32 Å². The van der Waals surface area contributed by atoms with Crippen LogP contribution in [0.2, 0.25) is 0 Å². The summed E-state index contributed by atoms with van der Waals surface area (Å²) in [7, 11) is 0. The molecule has 0 saturated carbocycles. The second-order valence-corrected chi connectivity index (χ2v) is 8.81. The highest BCUT2D eigenvalue weighted by atomic mass is 16.5. The summed E-state index contributed by atoms with van der Waals surface area (Å²) >= 11 is 0. The highest BCUT2D eigenvalue weighted by molar-refractivity contribution is 6.08. The van der Waals surface area contributed by atoms with Gasteiger partial charge in [0.25, 0.3) is 5.91 Å². The molecule has 2 aromatic rings. The first-order valence-electron chi connectivity index (χ1n) is 11.5. The molecule has 0 radical (unpaired) electrons. The van der Waals surface area contributed by atoms with E-state index < -0.39 is 36.4 Å². The van der Waals surface area contributed by atoms with Crippen molar-refractivity contribution < 1.29 is 23.9 Å². The number of aryl methyl sites for hydroxylation is 1. The van der Waals surface area contributed by atoms with Crippen LogP contribution in [0.15, 0.2) is 60.7 Å². The molecule has 2 aliphatic rings.